The molecule has 0 saturated heterocycles. The maximum atomic E-state index is 4.81. The number of hydrogen-bond acceptors (Lipinski definition) is 5. The van der Waals surface area contributed by atoms with Crippen molar-refractivity contribution in [1.82, 2.24) is 24.8 Å². The van der Waals surface area contributed by atoms with Crippen molar-refractivity contribution in [3.63, 3.8) is 0 Å². The van der Waals surface area contributed by atoms with Crippen LogP contribution in [0.4, 0.5) is 0 Å². The summed E-state index contributed by atoms with van der Waals surface area (Å²) in [4.78, 5) is 20.7. The normalized spacial score (nSPS) is 13.8. The molecular weight excluding hydrogens is 370 g/mol. The van der Waals surface area contributed by atoms with E-state index in [0.29, 0.717) is 17.5 Å². The minimum atomic E-state index is 0.642. The second-order valence-corrected chi connectivity index (χ2v) is 6.73. The first-order chi connectivity index (χ1) is 14.7. The van der Waals surface area contributed by atoms with Crippen LogP contribution in [-0.2, 0) is 0 Å². The molecule has 5 heteroatoms. The molecule has 158 valence electrons. The number of pyridine rings is 1. The molecule has 1 aliphatic rings. The Balaban J connectivity index is 0.00000155. The monoisotopic (exact) mass is 403 g/mol. The van der Waals surface area contributed by atoms with E-state index in [1.54, 1.807) is 12.4 Å². The van der Waals surface area contributed by atoms with Gasteiger partial charge in [0, 0.05) is 48.9 Å². The number of allylic oxidation sites excluding steroid dienone is 6. The fourth-order valence-electron chi connectivity index (χ4n) is 2.85. The van der Waals surface area contributed by atoms with Crippen molar-refractivity contribution in [2.24, 2.45) is 0 Å². The predicted molar refractivity (Wildman–Crippen MR) is 126 cm³/mol. The largest absolute Gasteiger partial charge is 0.376 e. The van der Waals surface area contributed by atoms with Crippen molar-refractivity contribution in [2.45, 2.75) is 47.0 Å². The Morgan fingerprint density at radius 2 is 1.93 bits per heavy atom. The lowest BCUT2D eigenvalue weighted by Gasteiger charge is -2.17. The van der Waals surface area contributed by atoms with Gasteiger partial charge in [0.1, 0.15) is 0 Å². The van der Waals surface area contributed by atoms with Gasteiger partial charge in [-0.1, -0.05) is 64.5 Å². The Morgan fingerprint density at radius 1 is 1.13 bits per heavy atom. The van der Waals surface area contributed by atoms with E-state index in [9.17, 15) is 0 Å². The van der Waals surface area contributed by atoms with E-state index in [2.05, 4.69) is 60.3 Å². The lowest BCUT2D eigenvalue weighted by molar-refractivity contribution is 0.507. The SMILES string of the molecule is CC.CC/C=C\C(=C/CCC)c1nc(C2=CN(C)CC=C2)nc(-c2cccnc2)n1. The topological polar surface area (TPSA) is 54.8 Å². The van der Waals surface area contributed by atoms with Gasteiger partial charge in [0.25, 0.3) is 0 Å². The van der Waals surface area contributed by atoms with Gasteiger partial charge in [-0.3, -0.25) is 4.98 Å². The molecule has 30 heavy (non-hydrogen) atoms. The summed E-state index contributed by atoms with van der Waals surface area (Å²) in [5, 5.41) is 0. The zero-order valence-corrected chi connectivity index (χ0v) is 18.8. The first-order valence-corrected chi connectivity index (χ1v) is 10.8. The summed E-state index contributed by atoms with van der Waals surface area (Å²) < 4.78 is 0. The van der Waals surface area contributed by atoms with Crippen LogP contribution in [0.2, 0.25) is 0 Å². The van der Waals surface area contributed by atoms with E-state index in [4.69, 9.17) is 15.0 Å². The molecule has 5 nitrogen and oxygen atoms in total. The summed E-state index contributed by atoms with van der Waals surface area (Å²) in [6.07, 6.45) is 19.3. The van der Waals surface area contributed by atoms with Crippen molar-refractivity contribution < 1.29 is 0 Å². The summed E-state index contributed by atoms with van der Waals surface area (Å²) in [5.41, 5.74) is 2.90. The highest BCUT2D eigenvalue weighted by Gasteiger charge is 2.14. The molecule has 0 aromatic carbocycles. The Labute approximate surface area is 181 Å². The summed E-state index contributed by atoms with van der Waals surface area (Å²) >= 11 is 0. The summed E-state index contributed by atoms with van der Waals surface area (Å²) in [6, 6.07) is 3.88. The van der Waals surface area contributed by atoms with Crippen LogP contribution in [0.3, 0.4) is 0 Å². The average molecular weight is 404 g/mol. The van der Waals surface area contributed by atoms with Gasteiger partial charge in [0.15, 0.2) is 17.5 Å². The zero-order valence-electron chi connectivity index (χ0n) is 18.8. The van der Waals surface area contributed by atoms with Crippen LogP contribution < -0.4 is 0 Å². The van der Waals surface area contributed by atoms with Crippen LogP contribution in [0.15, 0.2) is 61.1 Å². The van der Waals surface area contributed by atoms with Crippen LogP contribution in [0.5, 0.6) is 0 Å². The van der Waals surface area contributed by atoms with E-state index in [0.717, 1.165) is 42.5 Å². The predicted octanol–water partition coefficient (Wildman–Crippen LogP) is 5.95. The molecule has 0 aliphatic carbocycles. The van der Waals surface area contributed by atoms with Crippen LogP contribution >= 0.6 is 0 Å². The molecule has 0 atom stereocenters. The van der Waals surface area contributed by atoms with Crippen molar-refractivity contribution in [1.29, 1.82) is 0 Å². The van der Waals surface area contributed by atoms with Gasteiger partial charge >= 0.3 is 0 Å². The Kier molecular flexibility index (Phi) is 9.65. The Morgan fingerprint density at radius 3 is 2.60 bits per heavy atom. The van der Waals surface area contributed by atoms with Crippen LogP contribution in [0.1, 0.15) is 58.6 Å². The number of rotatable bonds is 7. The smallest absolute Gasteiger partial charge is 0.165 e. The van der Waals surface area contributed by atoms with E-state index < -0.39 is 0 Å². The van der Waals surface area contributed by atoms with Crippen LogP contribution in [-0.4, -0.2) is 38.4 Å². The standard InChI is InChI=1S/C23H27N5.C2H6/c1-4-6-10-18(11-7-5-2)21-25-22(19-12-8-14-24-16-19)27-23(26-21)20-13-9-15-28(3)17-20;1-2/h6,8-14,16-17H,4-5,7,15H2,1-3H3;1-2H3/b10-6-,18-11+;. The summed E-state index contributed by atoms with van der Waals surface area (Å²) in [5.74, 6) is 2.02. The third-order valence-electron chi connectivity index (χ3n) is 4.31. The fourth-order valence-corrected chi connectivity index (χ4v) is 2.85. The molecule has 0 unspecified atom stereocenters. The highest BCUT2D eigenvalue weighted by Crippen LogP contribution is 2.23. The van der Waals surface area contributed by atoms with E-state index in [1.807, 2.05) is 33.0 Å². The highest BCUT2D eigenvalue weighted by atomic mass is 15.1. The van der Waals surface area contributed by atoms with Crippen LogP contribution in [0.25, 0.3) is 22.5 Å². The van der Waals surface area contributed by atoms with Gasteiger partial charge in [0.05, 0.1) is 0 Å². The molecule has 2 aromatic heterocycles. The lowest BCUT2D eigenvalue weighted by Crippen LogP contribution is -2.15. The minimum absolute atomic E-state index is 0.642. The molecule has 3 heterocycles. The molecule has 0 radical (unpaired) electrons. The molecule has 1 aliphatic heterocycles. The van der Waals surface area contributed by atoms with Crippen LogP contribution in [0, 0.1) is 0 Å². The molecular formula is C25H33N5. The molecule has 0 N–H and O–H groups in total. The molecule has 3 rings (SSSR count). The maximum absolute atomic E-state index is 4.81. The van der Waals surface area contributed by atoms with Crippen molar-refractivity contribution >= 4 is 11.1 Å². The molecule has 0 spiro atoms. The maximum Gasteiger partial charge on any atom is 0.165 e. The van der Waals surface area contributed by atoms with Crippen molar-refractivity contribution in [3.8, 4) is 11.4 Å². The Bertz CT molecular complexity index is 910. The van der Waals surface area contributed by atoms with E-state index in [-0.39, 0.29) is 0 Å². The van der Waals surface area contributed by atoms with E-state index in [1.165, 1.54) is 0 Å². The Hall–Kier alpha value is -3.08. The number of unbranched alkanes of at least 4 members (excludes halogenated alkanes) is 1. The van der Waals surface area contributed by atoms with Gasteiger partial charge in [-0.15, -0.1) is 0 Å². The molecule has 0 bridgehead atoms. The molecule has 0 amide bonds. The van der Waals surface area contributed by atoms with E-state index >= 15 is 0 Å². The number of hydrogen-bond donors (Lipinski definition) is 0. The third-order valence-corrected chi connectivity index (χ3v) is 4.31. The second kappa shape index (κ2) is 12.5. The quantitative estimate of drug-likeness (QED) is 0.535. The van der Waals surface area contributed by atoms with Gasteiger partial charge in [-0.05, 0) is 25.0 Å². The van der Waals surface area contributed by atoms with Gasteiger partial charge in [0.2, 0.25) is 0 Å². The molecule has 0 saturated carbocycles. The number of likely N-dealkylation sites (N-methyl/N-ethyl adjacent to an activating group) is 1. The number of aromatic nitrogens is 4. The van der Waals surface area contributed by atoms with Gasteiger partial charge in [-0.2, -0.15) is 0 Å². The average Bonchev–Trinajstić information content (AvgIpc) is 2.81. The summed E-state index contributed by atoms with van der Waals surface area (Å²) in [7, 11) is 2.05. The summed E-state index contributed by atoms with van der Waals surface area (Å²) in [6.45, 7) is 9.18. The van der Waals surface area contributed by atoms with Crippen molar-refractivity contribution in [2.75, 3.05) is 13.6 Å². The first-order valence-electron chi connectivity index (χ1n) is 10.8. The number of nitrogens with zero attached hydrogens (tertiary/aromatic N) is 5. The zero-order chi connectivity index (χ0) is 21.8. The lowest BCUT2D eigenvalue weighted by atomic mass is 10.1. The fraction of sp³-hybridized carbons (Fsp3) is 0.360. The highest BCUT2D eigenvalue weighted by molar-refractivity contribution is 5.75. The first kappa shape index (κ1) is 23.2. The molecule has 2 aromatic rings. The van der Waals surface area contributed by atoms with Crippen molar-refractivity contribution in [3.05, 3.63) is 72.8 Å². The third kappa shape index (κ3) is 6.48. The van der Waals surface area contributed by atoms with Gasteiger partial charge in [-0.25, -0.2) is 15.0 Å². The molecule has 0 fully saturated rings. The minimum Gasteiger partial charge on any atom is -0.376 e. The van der Waals surface area contributed by atoms with Gasteiger partial charge < -0.3 is 4.90 Å². The second-order valence-electron chi connectivity index (χ2n) is 6.73.